The summed E-state index contributed by atoms with van der Waals surface area (Å²) in [7, 11) is 0. The highest BCUT2D eigenvalue weighted by Crippen LogP contribution is 2.40. The van der Waals surface area contributed by atoms with Crippen LogP contribution in [0, 0.1) is 5.92 Å². The minimum atomic E-state index is -0.989. The molecule has 2 fully saturated rings. The maximum atomic E-state index is 12.0. The minimum Gasteiger partial charge on any atom is -0.385 e. The van der Waals surface area contributed by atoms with E-state index in [1.165, 1.54) is 4.90 Å². The van der Waals surface area contributed by atoms with Crippen molar-refractivity contribution in [3.63, 3.8) is 0 Å². The van der Waals surface area contributed by atoms with Crippen LogP contribution in [0.5, 0.6) is 0 Å². The van der Waals surface area contributed by atoms with Crippen molar-refractivity contribution >= 4 is 0 Å². The Balaban J connectivity index is 1.33. The Morgan fingerprint density at radius 2 is 1.58 bits per heavy atom. The van der Waals surface area contributed by atoms with E-state index < -0.39 is 11.7 Å². The molecule has 0 aromatic heterocycles. The topological polar surface area (TPSA) is 63.4 Å². The summed E-state index contributed by atoms with van der Waals surface area (Å²) in [5, 5.41) is 22.4. The Bertz CT molecular complexity index is 731. The van der Waals surface area contributed by atoms with Gasteiger partial charge >= 0.3 is 0 Å². The predicted octanol–water partition coefficient (Wildman–Crippen LogP) is 1.77. The van der Waals surface area contributed by atoms with Gasteiger partial charge in [-0.25, -0.2) is 0 Å². The molecule has 2 aliphatic heterocycles. The van der Waals surface area contributed by atoms with E-state index >= 15 is 0 Å². The van der Waals surface area contributed by atoms with Crippen LogP contribution in [0.2, 0.25) is 0 Å². The molecular weight excluding hydrogens is 390 g/mol. The number of hydrogen-bond donors (Lipinski definition) is 3. The molecule has 2 aromatic carbocycles. The van der Waals surface area contributed by atoms with Crippen LogP contribution < -0.4 is 4.90 Å². The highest BCUT2D eigenvalue weighted by molar-refractivity contribution is 5.37. The zero-order valence-electron chi connectivity index (χ0n) is 18.3. The van der Waals surface area contributed by atoms with Crippen LogP contribution >= 0.6 is 0 Å². The predicted molar refractivity (Wildman–Crippen MR) is 120 cm³/mol. The second kappa shape index (κ2) is 10.7. The van der Waals surface area contributed by atoms with E-state index in [1.807, 2.05) is 60.7 Å². The van der Waals surface area contributed by atoms with Crippen LogP contribution in [0.15, 0.2) is 60.7 Å². The van der Waals surface area contributed by atoms with Gasteiger partial charge in [0.25, 0.3) is 0 Å². The van der Waals surface area contributed by atoms with E-state index in [4.69, 9.17) is 9.47 Å². The van der Waals surface area contributed by atoms with Crippen LogP contribution in [-0.2, 0) is 15.1 Å². The Kier molecular flexibility index (Phi) is 7.75. The third-order valence-corrected chi connectivity index (χ3v) is 6.87. The minimum absolute atomic E-state index is 0.147. The molecule has 0 radical (unpaired) electrons. The van der Waals surface area contributed by atoms with Crippen molar-refractivity contribution in [2.45, 2.75) is 43.5 Å². The van der Waals surface area contributed by atoms with Crippen LogP contribution in [0.3, 0.4) is 0 Å². The van der Waals surface area contributed by atoms with Gasteiger partial charge < -0.3 is 24.6 Å². The fourth-order valence-corrected chi connectivity index (χ4v) is 5.17. The van der Waals surface area contributed by atoms with Crippen molar-refractivity contribution in [3.05, 3.63) is 71.8 Å². The molecule has 0 bridgehead atoms. The molecule has 0 aliphatic carbocycles. The molecular formula is C26H36NO4+. The number of aliphatic hydroxyl groups excluding tert-OH is 1. The molecule has 3 N–H and O–H groups in total. The average Bonchev–Trinajstić information content (AvgIpc) is 3.34. The largest absolute Gasteiger partial charge is 0.385 e. The molecule has 0 unspecified atom stereocenters. The van der Waals surface area contributed by atoms with E-state index in [1.54, 1.807) is 0 Å². The summed E-state index contributed by atoms with van der Waals surface area (Å²) >= 11 is 0. The van der Waals surface area contributed by atoms with Crippen molar-refractivity contribution in [1.82, 2.24) is 0 Å². The fraction of sp³-hybridized carbons (Fsp3) is 0.538. The third kappa shape index (κ3) is 5.54. The molecule has 2 saturated heterocycles. The van der Waals surface area contributed by atoms with Gasteiger partial charge in [0.2, 0.25) is 0 Å². The van der Waals surface area contributed by atoms with Crippen LogP contribution in [0.1, 0.15) is 36.8 Å². The molecule has 5 nitrogen and oxygen atoms in total. The van der Waals surface area contributed by atoms with Crippen molar-refractivity contribution in [1.29, 1.82) is 0 Å². The lowest BCUT2D eigenvalue weighted by atomic mass is 9.72. The molecule has 31 heavy (non-hydrogen) atoms. The summed E-state index contributed by atoms with van der Waals surface area (Å²) in [6.07, 6.45) is 3.73. The lowest BCUT2D eigenvalue weighted by Crippen LogP contribution is -3.14. The highest BCUT2D eigenvalue weighted by atomic mass is 16.5. The van der Waals surface area contributed by atoms with E-state index in [9.17, 15) is 10.2 Å². The fourth-order valence-electron chi connectivity index (χ4n) is 5.17. The van der Waals surface area contributed by atoms with Gasteiger partial charge in [0, 0.05) is 25.4 Å². The van der Waals surface area contributed by atoms with Crippen molar-refractivity contribution in [2.75, 3.05) is 39.5 Å². The first-order valence-electron chi connectivity index (χ1n) is 11.7. The summed E-state index contributed by atoms with van der Waals surface area (Å²) < 4.78 is 11.2. The molecule has 168 valence electrons. The summed E-state index contributed by atoms with van der Waals surface area (Å²) in [5.74, 6) is 0.147. The number of likely N-dealkylation sites (tertiary alicyclic amines) is 1. The number of quaternary nitrogens is 1. The molecule has 4 rings (SSSR count). The molecule has 2 aromatic rings. The molecule has 5 heteroatoms. The highest BCUT2D eigenvalue weighted by Gasteiger charge is 2.42. The zero-order valence-corrected chi connectivity index (χ0v) is 18.3. The smallest absolute Gasteiger partial charge is 0.126 e. The molecule has 0 amide bonds. The number of hydrogen-bond acceptors (Lipinski definition) is 4. The first-order chi connectivity index (χ1) is 15.2. The van der Waals surface area contributed by atoms with Gasteiger partial charge in [0.15, 0.2) is 0 Å². The second-order valence-corrected chi connectivity index (χ2v) is 9.05. The molecule has 2 aliphatic rings. The third-order valence-electron chi connectivity index (χ3n) is 6.87. The van der Waals surface area contributed by atoms with E-state index in [-0.39, 0.29) is 12.0 Å². The first kappa shape index (κ1) is 22.4. The zero-order chi connectivity index (χ0) is 21.5. The Morgan fingerprint density at radius 1 is 0.968 bits per heavy atom. The van der Waals surface area contributed by atoms with Gasteiger partial charge in [-0.3, -0.25) is 0 Å². The maximum absolute atomic E-state index is 12.0. The van der Waals surface area contributed by atoms with Crippen molar-refractivity contribution in [3.8, 4) is 0 Å². The Hall–Kier alpha value is -1.76. The van der Waals surface area contributed by atoms with Gasteiger partial charge in [-0.05, 0) is 24.0 Å². The Labute approximate surface area is 185 Å². The molecule has 0 saturated carbocycles. The quantitative estimate of drug-likeness (QED) is 0.572. The molecule has 2 atom stereocenters. The summed E-state index contributed by atoms with van der Waals surface area (Å²) in [6, 6.07) is 20.1. The van der Waals surface area contributed by atoms with Gasteiger partial charge in [-0.1, -0.05) is 60.7 Å². The number of piperidine rings is 1. The number of aliphatic hydroxyl groups is 2. The lowest BCUT2D eigenvalue weighted by Gasteiger charge is -2.41. The van der Waals surface area contributed by atoms with E-state index in [0.717, 1.165) is 56.5 Å². The van der Waals surface area contributed by atoms with E-state index in [2.05, 4.69) is 0 Å². The van der Waals surface area contributed by atoms with Gasteiger partial charge in [0.1, 0.15) is 18.2 Å². The van der Waals surface area contributed by atoms with E-state index in [0.29, 0.717) is 19.8 Å². The summed E-state index contributed by atoms with van der Waals surface area (Å²) in [6.45, 7) is 4.34. The number of nitrogens with one attached hydrogen (secondary N) is 1. The molecule has 0 spiro atoms. The standard InChI is InChI=1S/C26H35NO4/c28-24(19-30-20-25-12-7-17-31-25)18-27-15-13-23(14-16-27)26(29,21-8-3-1-4-9-21)22-10-5-2-6-11-22/h1-6,8-11,23-25,28-29H,7,12-20H2/p+1/t24-,25-/m0/s1. The second-order valence-electron chi connectivity index (χ2n) is 9.05. The summed E-state index contributed by atoms with van der Waals surface area (Å²) in [4.78, 5) is 1.38. The average molecular weight is 427 g/mol. The van der Waals surface area contributed by atoms with Crippen LogP contribution in [0.4, 0.5) is 0 Å². The van der Waals surface area contributed by atoms with Crippen molar-refractivity contribution in [2.24, 2.45) is 5.92 Å². The van der Waals surface area contributed by atoms with Crippen LogP contribution in [-0.4, -0.2) is 61.9 Å². The van der Waals surface area contributed by atoms with Gasteiger partial charge in [-0.2, -0.15) is 0 Å². The normalized spacial score (nSPS) is 25.4. The number of benzene rings is 2. The van der Waals surface area contributed by atoms with Gasteiger partial charge in [0.05, 0.1) is 32.4 Å². The van der Waals surface area contributed by atoms with Crippen molar-refractivity contribution < 1.29 is 24.6 Å². The lowest BCUT2D eigenvalue weighted by molar-refractivity contribution is -0.909. The number of rotatable bonds is 9. The Morgan fingerprint density at radius 3 is 2.13 bits per heavy atom. The first-order valence-corrected chi connectivity index (χ1v) is 11.7. The maximum Gasteiger partial charge on any atom is 0.126 e. The number of ether oxygens (including phenoxy) is 2. The SMILES string of the molecule is O[C@H](COC[C@@H]1CCCO1)C[NH+]1CCC(C(O)(c2ccccc2)c2ccccc2)CC1. The summed E-state index contributed by atoms with van der Waals surface area (Å²) in [5.41, 5.74) is 0.922. The molecule has 2 heterocycles. The monoisotopic (exact) mass is 426 g/mol. The van der Waals surface area contributed by atoms with Crippen LogP contribution in [0.25, 0.3) is 0 Å². The van der Waals surface area contributed by atoms with Gasteiger partial charge in [-0.15, -0.1) is 0 Å².